The Balaban J connectivity index is 1.73. The zero-order valence-corrected chi connectivity index (χ0v) is 12.4. The van der Waals surface area contributed by atoms with Crippen molar-refractivity contribution >= 4 is 28.9 Å². The molecule has 0 spiro atoms. The lowest BCUT2D eigenvalue weighted by atomic mass is 10.2. The molecule has 0 bridgehead atoms. The number of nitrogens with one attached hydrogen (secondary N) is 1. The normalized spacial score (nSPS) is 15.8. The minimum Gasteiger partial charge on any atom is -0.485 e. The number of carbonyl (C=O) groups excluding carboxylic acids is 1. The topological polar surface area (TPSA) is 90.7 Å². The average Bonchev–Trinajstić information content (AvgIpc) is 2.55. The first-order valence-corrected chi connectivity index (χ1v) is 7.05. The lowest BCUT2D eigenvalue weighted by Crippen LogP contribution is -2.40. The number of halogens is 1. The molecule has 1 N–H and O–H groups in total. The van der Waals surface area contributed by atoms with E-state index < -0.39 is 16.9 Å². The molecule has 3 rings (SSSR count). The number of anilines is 1. The molecule has 1 unspecified atom stereocenters. The molecule has 8 heteroatoms. The Morgan fingerprint density at radius 1 is 1.26 bits per heavy atom. The van der Waals surface area contributed by atoms with E-state index in [-0.39, 0.29) is 23.0 Å². The van der Waals surface area contributed by atoms with Gasteiger partial charge in [0.05, 0.1) is 4.92 Å². The van der Waals surface area contributed by atoms with Gasteiger partial charge in [-0.15, -0.1) is 0 Å². The largest absolute Gasteiger partial charge is 0.485 e. The summed E-state index contributed by atoms with van der Waals surface area (Å²) in [5, 5.41) is 13.4. The van der Waals surface area contributed by atoms with Crippen molar-refractivity contribution in [3.8, 4) is 11.5 Å². The molecular formula is C15H11ClN2O5. The van der Waals surface area contributed by atoms with Gasteiger partial charge in [-0.1, -0.05) is 23.7 Å². The Kier molecular flexibility index (Phi) is 4.03. The molecule has 1 aliphatic rings. The molecule has 23 heavy (non-hydrogen) atoms. The molecule has 7 nitrogen and oxygen atoms in total. The van der Waals surface area contributed by atoms with Crippen LogP contribution in [0.25, 0.3) is 0 Å². The molecule has 0 saturated heterocycles. The number of benzene rings is 2. The lowest BCUT2D eigenvalue weighted by molar-refractivity contribution is -0.384. The van der Waals surface area contributed by atoms with Crippen LogP contribution in [0.5, 0.6) is 11.5 Å². The molecule has 2 aromatic carbocycles. The van der Waals surface area contributed by atoms with Crippen LogP contribution >= 0.6 is 11.6 Å². The summed E-state index contributed by atoms with van der Waals surface area (Å²) in [7, 11) is 0. The molecule has 0 aromatic heterocycles. The summed E-state index contributed by atoms with van der Waals surface area (Å²) in [6.45, 7) is 0.0541. The van der Waals surface area contributed by atoms with Gasteiger partial charge in [0.2, 0.25) is 6.10 Å². The minimum atomic E-state index is -0.848. The van der Waals surface area contributed by atoms with Gasteiger partial charge < -0.3 is 14.8 Å². The van der Waals surface area contributed by atoms with E-state index in [0.29, 0.717) is 11.5 Å². The molecule has 1 aliphatic heterocycles. The third-order valence-electron chi connectivity index (χ3n) is 3.21. The van der Waals surface area contributed by atoms with E-state index in [4.69, 9.17) is 21.1 Å². The highest BCUT2D eigenvalue weighted by Gasteiger charge is 2.27. The predicted octanol–water partition coefficient (Wildman–Crippen LogP) is 3.03. The van der Waals surface area contributed by atoms with Crippen LogP contribution in [0.3, 0.4) is 0 Å². The minimum absolute atomic E-state index is 0.000763. The van der Waals surface area contributed by atoms with Crippen LogP contribution in [0.2, 0.25) is 5.02 Å². The molecule has 2 aromatic rings. The smallest absolute Gasteiger partial charge is 0.289 e. The fraction of sp³-hybridized carbons (Fsp3) is 0.133. The highest BCUT2D eigenvalue weighted by atomic mass is 35.5. The van der Waals surface area contributed by atoms with E-state index in [9.17, 15) is 14.9 Å². The quantitative estimate of drug-likeness (QED) is 0.688. The van der Waals surface area contributed by atoms with E-state index in [1.807, 2.05) is 0 Å². The number of ether oxygens (including phenoxy) is 2. The number of nitro groups is 1. The first-order chi connectivity index (χ1) is 11.0. The molecular weight excluding hydrogens is 324 g/mol. The number of nitrogens with zero attached hydrogens (tertiary/aromatic N) is 1. The molecule has 0 aliphatic carbocycles. The number of fused-ring (bicyclic) bond motifs is 1. The Hall–Kier alpha value is -2.80. The van der Waals surface area contributed by atoms with E-state index in [0.717, 1.165) is 0 Å². The van der Waals surface area contributed by atoms with Gasteiger partial charge in [-0.3, -0.25) is 14.9 Å². The maximum atomic E-state index is 12.2. The molecule has 0 saturated carbocycles. The fourth-order valence-corrected chi connectivity index (χ4v) is 2.29. The zero-order chi connectivity index (χ0) is 16.4. The van der Waals surface area contributed by atoms with Gasteiger partial charge in [-0.05, 0) is 24.3 Å². The summed E-state index contributed by atoms with van der Waals surface area (Å²) in [5.41, 5.74) is -0.0239. The summed E-state index contributed by atoms with van der Waals surface area (Å²) in [6, 6.07) is 11.0. The van der Waals surface area contributed by atoms with Crippen molar-refractivity contribution < 1.29 is 19.2 Å². The number of rotatable bonds is 3. The number of carbonyl (C=O) groups is 1. The van der Waals surface area contributed by atoms with Crippen LogP contribution in [0.4, 0.5) is 11.4 Å². The number of para-hydroxylation sites is 2. The van der Waals surface area contributed by atoms with Crippen molar-refractivity contribution in [3.63, 3.8) is 0 Å². The van der Waals surface area contributed by atoms with E-state index in [1.165, 1.54) is 18.2 Å². The maximum absolute atomic E-state index is 12.2. The number of hydrogen-bond donors (Lipinski definition) is 1. The van der Waals surface area contributed by atoms with Crippen molar-refractivity contribution in [3.05, 3.63) is 57.6 Å². The van der Waals surface area contributed by atoms with Crippen LogP contribution in [-0.4, -0.2) is 23.5 Å². The van der Waals surface area contributed by atoms with Gasteiger partial charge in [0.1, 0.15) is 11.6 Å². The van der Waals surface area contributed by atoms with Crippen LogP contribution in [0.1, 0.15) is 0 Å². The highest BCUT2D eigenvalue weighted by molar-refractivity contribution is 6.32. The van der Waals surface area contributed by atoms with Gasteiger partial charge >= 0.3 is 0 Å². The van der Waals surface area contributed by atoms with Crippen molar-refractivity contribution in [1.82, 2.24) is 0 Å². The van der Waals surface area contributed by atoms with Gasteiger partial charge in [-0.25, -0.2) is 0 Å². The van der Waals surface area contributed by atoms with Crippen LogP contribution in [0, 0.1) is 10.1 Å². The predicted molar refractivity (Wildman–Crippen MR) is 83.1 cm³/mol. The number of hydrogen-bond acceptors (Lipinski definition) is 5. The molecule has 0 radical (unpaired) electrons. The second-order valence-corrected chi connectivity index (χ2v) is 5.18. The summed E-state index contributed by atoms with van der Waals surface area (Å²) in [5.74, 6) is 0.579. The summed E-state index contributed by atoms with van der Waals surface area (Å²) < 4.78 is 11.0. The Labute approximate surface area is 135 Å². The number of nitro benzene ring substituents is 1. The van der Waals surface area contributed by atoms with Crippen molar-refractivity contribution in [2.45, 2.75) is 6.10 Å². The summed E-state index contributed by atoms with van der Waals surface area (Å²) in [6.07, 6.45) is -0.848. The second-order valence-electron chi connectivity index (χ2n) is 4.78. The lowest BCUT2D eigenvalue weighted by Gasteiger charge is -2.25. The third kappa shape index (κ3) is 3.19. The third-order valence-corrected chi connectivity index (χ3v) is 3.53. The van der Waals surface area contributed by atoms with Gasteiger partial charge in [0.25, 0.3) is 11.6 Å². The van der Waals surface area contributed by atoms with E-state index >= 15 is 0 Å². The van der Waals surface area contributed by atoms with Gasteiger partial charge in [0, 0.05) is 11.8 Å². The fourth-order valence-electron chi connectivity index (χ4n) is 2.10. The van der Waals surface area contributed by atoms with Crippen molar-refractivity contribution in [2.24, 2.45) is 0 Å². The van der Waals surface area contributed by atoms with Gasteiger partial charge in [-0.2, -0.15) is 0 Å². The first kappa shape index (κ1) is 15.1. The monoisotopic (exact) mass is 334 g/mol. The van der Waals surface area contributed by atoms with Crippen molar-refractivity contribution in [2.75, 3.05) is 11.9 Å². The van der Waals surface area contributed by atoms with Crippen LogP contribution < -0.4 is 14.8 Å². The standard InChI is InChI=1S/C15H11ClN2O5/c16-10-6-5-9(7-11(10)18(20)21)17-15(19)14-8-22-12-3-1-2-4-13(12)23-14/h1-7,14H,8H2,(H,17,19). The average molecular weight is 335 g/mol. The van der Waals surface area contributed by atoms with E-state index in [1.54, 1.807) is 24.3 Å². The van der Waals surface area contributed by atoms with Crippen molar-refractivity contribution in [1.29, 1.82) is 0 Å². The molecule has 1 atom stereocenters. The zero-order valence-electron chi connectivity index (χ0n) is 11.7. The Morgan fingerprint density at radius 3 is 2.74 bits per heavy atom. The number of amides is 1. The molecule has 118 valence electrons. The second kappa shape index (κ2) is 6.13. The summed E-state index contributed by atoms with van der Waals surface area (Å²) >= 11 is 5.73. The SMILES string of the molecule is O=C(Nc1ccc(Cl)c([N+](=O)[O-])c1)C1COc2ccccc2O1. The maximum Gasteiger partial charge on any atom is 0.289 e. The van der Waals surface area contributed by atoms with Crippen LogP contribution in [-0.2, 0) is 4.79 Å². The molecule has 1 amide bonds. The Morgan fingerprint density at radius 2 is 2.00 bits per heavy atom. The van der Waals surface area contributed by atoms with Gasteiger partial charge in [0.15, 0.2) is 11.5 Å². The van der Waals surface area contributed by atoms with E-state index in [2.05, 4.69) is 5.32 Å². The molecule has 0 fully saturated rings. The highest BCUT2D eigenvalue weighted by Crippen LogP contribution is 2.31. The summed E-state index contributed by atoms with van der Waals surface area (Å²) in [4.78, 5) is 22.5. The molecule has 1 heterocycles. The Bertz CT molecular complexity index is 780. The van der Waals surface area contributed by atoms with Crippen LogP contribution in [0.15, 0.2) is 42.5 Å². The first-order valence-electron chi connectivity index (χ1n) is 6.68.